The topological polar surface area (TPSA) is 84.3 Å². The highest BCUT2D eigenvalue weighted by Crippen LogP contribution is 2.37. The Kier molecular flexibility index (Phi) is 5.23. The second-order valence-corrected chi connectivity index (χ2v) is 7.56. The summed E-state index contributed by atoms with van der Waals surface area (Å²) in [5.74, 6) is -1.07. The summed E-state index contributed by atoms with van der Waals surface area (Å²) in [7, 11) is 0. The number of hydrogen-bond donors (Lipinski definition) is 1. The molecule has 0 radical (unpaired) electrons. The first-order valence-corrected chi connectivity index (χ1v) is 9.79. The smallest absolute Gasteiger partial charge is 0.240 e. The normalized spacial score (nSPS) is 21.6. The van der Waals surface area contributed by atoms with Gasteiger partial charge in [-0.2, -0.15) is 5.10 Å². The number of aromatic nitrogens is 2. The zero-order chi connectivity index (χ0) is 19.5. The SMILES string of the molecule is O=C(CN1C(=O)[C@H]2CCCC[C@@H]2C1=O)NCc1ccc(Cn2cccn2)cc1. The first kappa shape index (κ1) is 18.4. The number of imide groups is 1. The van der Waals surface area contributed by atoms with Crippen LogP contribution in [0.25, 0.3) is 0 Å². The molecule has 4 rings (SSSR count). The van der Waals surface area contributed by atoms with E-state index < -0.39 is 0 Å². The van der Waals surface area contributed by atoms with Crippen LogP contribution in [0.2, 0.25) is 0 Å². The number of carbonyl (C=O) groups is 3. The van der Waals surface area contributed by atoms with Gasteiger partial charge in [-0.3, -0.25) is 24.0 Å². The molecule has 0 bridgehead atoms. The lowest BCUT2D eigenvalue weighted by atomic mass is 9.81. The molecule has 1 aliphatic carbocycles. The van der Waals surface area contributed by atoms with Crippen LogP contribution in [0.1, 0.15) is 36.8 Å². The second-order valence-electron chi connectivity index (χ2n) is 7.56. The fraction of sp³-hybridized carbons (Fsp3) is 0.429. The van der Waals surface area contributed by atoms with E-state index in [1.165, 1.54) is 0 Å². The van der Waals surface area contributed by atoms with E-state index in [1.807, 2.05) is 41.2 Å². The van der Waals surface area contributed by atoms with Gasteiger partial charge in [-0.25, -0.2) is 0 Å². The van der Waals surface area contributed by atoms with Crippen molar-refractivity contribution < 1.29 is 14.4 Å². The average molecular weight is 380 g/mol. The van der Waals surface area contributed by atoms with E-state index in [-0.39, 0.29) is 36.1 Å². The summed E-state index contributed by atoms with van der Waals surface area (Å²) in [4.78, 5) is 38.3. The summed E-state index contributed by atoms with van der Waals surface area (Å²) < 4.78 is 1.85. The zero-order valence-electron chi connectivity index (χ0n) is 15.7. The van der Waals surface area contributed by atoms with Gasteiger partial charge in [0, 0.05) is 18.9 Å². The third kappa shape index (κ3) is 3.83. The van der Waals surface area contributed by atoms with E-state index in [4.69, 9.17) is 0 Å². The first-order valence-electron chi connectivity index (χ1n) is 9.79. The molecular weight excluding hydrogens is 356 g/mol. The van der Waals surface area contributed by atoms with Gasteiger partial charge in [-0.1, -0.05) is 37.1 Å². The van der Waals surface area contributed by atoms with Crippen LogP contribution in [0.15, 0.2) is 42.7 Å². The molecular formula is C21H24N4O3. The van der Waals surface area contributed by atoms with Crippen LogP contribution in [0.3, 0.4) is 0 Å². The molecule has 7 nitrogen and oxygen atoms in total. The number of benzene rings is 1. The van der Waals surface area contributed by atoms with Crippen LogP contribution < -0.4 is 5.32 Å². The second kappa shape index (κ2) is 7.96. The van der Waals surface area contributed by atoms with Crippen molar-refractivity contribution in [3.05, 3.63) is 53.9 Å². The predicted molar refractivity (Wildman–Crippen MR) is 102 cm³/mol. The molecule has 1 saturated carbocycles. The Morgan fingerprint density at radius 2 is 1.68 bits per heavy atom. The molecule has 1 aliphatic heterocycles. The van der Waals surface area contributed by atoms with Gasteiger partial charge in [0.05, 0.1) is 18.4 Å². The monoisotopic (exact) mass is 380 g/mol. The summed E-state index contributed by atoms with van der Waals surface area (Å²) in [6.07, 6.45) is 7.14. The van der Waals surface area contributed by atoms with E-state index in [1.54, 1.807) is 6.20 Å². The van der Waals surface area contributed by atoms with Crippen LogP contribution in [0, 0.1) is 11.8 Å². The minimum absolute atomic E-state index is 0.173. The fourth-order valence-corrected chi connectivity index (χ4v) is 4.13. The lowest BCUT2D eigenvalue weighted by molar-refractivity contribution is -0.143. The molecule has 1 aromatic heterocycles. The number of likely N-dealkylation sites (tertiary alicyclic amines) is 1. The van der Waals surface area contributed by atoms with Gasteiger partial charge < -0.3 is 5.32 Å². The summed E-state index contributed by atoms with van der Waals surface area (Å²) >= 11 is 0. The highest BCUT2D eigenvalue weighted by atomic mass is 16.2. The number of nitrogens with zero attached hydrogens (tertiary/aromatic N) is 3. The van der Waals surface area contributed by atoms with Crippen molar-refractivity contribution in [3.8, 4) is 0 Å². The van der Waals surface area contributed by atoms with Crippen LogP contribution in [-0.2, 0) is 27.5 Å². The molecule has 0 spiro atoms. The quantitative estimate of drug-likeness (QED) is 0.774. The van der Waals surface area contributed by atoms with Gasteiger partial charge in [0.25, 0.3) is 0 Å². The average Bonchev–Trinajstić information content (AvgIpc) is 3.31. The zero-order valence-corrected chi connectivity index (χ0v) is 15.7. The molecule has 2 aromatic rings. The third-order valence-corrected chi connectivity index (χ3v) is 5.65. The van der Waals surface area contributed by atoms with Crippen molar-refractivity contribution in [1.29, 1.82) is 0 Å². The first-order chi connectivity index (χ1) is 13.6. The lowest BCUT2D eigenvalue weighted by Crippen LogP contribution is -2.40. The lowest BCUT2D eigenvalue weighted by Gasteiger charge is -2.19. The van der Waals surface area contributed by atoms with Crippen molar-refractivity contribution in [1.82, 2.24) is 20.0 Å². The molecule has 28 heavy (non-hydrogen) atoms. The molecule has 2 aliphatic rings. The van der Waals surface area contributed by atoms with Crippen molar-refractivity contribution in [2.75, 3.05) is 6.54 Å². The summed E-state index contributed by atoms with van der Waals surface area (Å²) in [5.41, 5.74) is 2.08. The Balaban J connectivity index is 1.28. The molecule has 1 saturated heterocycles. The summed E-state index contributed by atoms with van der Waals surface area (Å²) in [5, 5.41) is 6.99. The van der Waals surface area contributed by atoms with Gasteiger partial charge >= 0.3 is 0 Å². The largest absolute Gasteiger partial charge is 0.350 e. The fourth-order valence-electron chi connectivity index (χ4n) is 4.13. The van der Waals surface area contributed by atoms with E-state index in [2.05, 4.69) is 10.4 Å². The highest BCUT2D eigenvalue weighted by Gasteiger charge is 2.48. The Labute approximate surface area is 163 Å². The highest BCUT2D eigenvalue weighted by molar-refractivity contribution is 6.07. The van der Waals surface area contributed by atoms with Gasteiger partial charge in [0.1, 0.15) is 6.54 Å². The maximum atomic E-state index is 12.4. The summed E-state index contributed by atoms with van der Waals surface area (Å²) in [6.45, 7) is 0.882. The van der Waals surface area contributed by atoms with Crippen LogP contribution in [0.5, 0.6) is 0 Å². The Bertz CT molecular complexity index is 836. The molecule has 1 N–H and O–H groups in total. The van der Waals surface area contributed by atoms with E-state index in [0.717, 1.165) is 41.7 Å². The minimum Gasteiger partial charge on any atom is -0.350 e. The van der Waals surface area contributed by atoms with Crippen molar-refractivity contribution in [3.63, 3.8) is 0 Å². The molecule has 3 amide bonds. The Morgan fingerprint density at radius 1 is 1.04 bits per heavy atom. The van der Waals surface area contributed by atoms with Crippen LogP contribution in [0.4, 0.5) is 0 Å². The molecule has 7 heteroatoms. The molecule has 2 fully saturated rings. The number of hydrogen-bond acceptors (Lipinski definition) is 4. The molecule has 2 heterocycles. The van der Waals surface area contributed by atoms with Gasteiger partial charge in [0.15, 0.2) is 0 Å². The van der Waals surface area contributed by atoms with Gasteiger partial charge in [-0.15, -0.1) is 0 Å². The van der Waals surface area contributed by atoms with E-state index in [0.29, 0.717) is 13.1 Å². The number of nitrogens with one attached hydrogen (secondary N) is 1. The minimum atomic E-state index is -0.305. The molecule has 146 valence electrons. The number of amides is 3. The Hall–Kier alpha value is -2.96. The standard InChI is InChI=1S/C21H24N4O3/c26-19(14-25-20(27)17-4-1-2-5-18(17)21(25)28)22-12-15-6-8-16(9-7-15)13-24-11-3-10-23-24/h3,6-11,17-18H,1-2,4-5,12-14H2,(H,22,26)/t17-,18-/m0/s1. The van der Waals surface area contributed by atoms with Gasteiger partial charge in [0.2, 0.25) is 17.7 Å². The van der Waals surface area contributed by atoms with Gasteiger partial charge in [-0.05, 0) is 30.0 Å². The number of fused-ring (bicyclic) bond motifs is 1. The third-order valence-electron chi connectivity index (χ3n) is 5.65. The van der Waals surface area contributed by atoms with Crippen molar-refractivity contribution >= 4 is 17.7 Å². The summed E-state index contributed by atoms with van der Waals surface area (Å²) in [6, 6.07) is 9.80. The van der Waals surface area contributed by atoms with Crippen LogP contribution in [-0.4, -0.2) is 38.9 Å². The van der Waals surface area contributed by atoms with Crippen molar-refractivity contribution in [2.45, 2.75) is 38.8 Å². The predicted octanol–water partition coefficient (Wildman–Crippen LogP) is 1.72. The van der Waals surface area contributed by atoms with Crippen LogP contribution >= 0.6 is 0 Å². The van der Waals surface area contributed by atoms with E-state index in [9.17, 15) is 14.4 Å². The number of rotatable bonds is 6. The molecule has 1 aromatic carbocycles. The number of carbonyl (C=O) groups excluding carboxylic acids is 3. The Morgan fingerprint density at radius 3 is 2.29 bits per heavy atom. The van der Waals surface area contributed by atoms with E-state index >= 15 is 0 Å². The molecule has 0 unspecified atom stereocenters. The maximum absolute atomic E-state index is 12.4. The molecule has 2 atom stereocenters. The van der Waals surface area contributed by atoms with Crippen molar-refractivity contribution in [2.24, 2.45) is 11.8 Å². The maximum Gasteiger partial charge on any atom is 0.240 e.